The minimum Gasteiger partial charge on any atom is -0.492 e. The maximum Gasteiger partial charge on any atom is 0.220 e. The molecule has 130 valence electrons. The Balaban J connectivity index is 2.26. The van der Waals surface area contributed by atoms with Crippen molar-refractivity contribution in [1.82, 2.24) is 10.2 Å². The van der Waals surface area contributed by atoms with Gasteiger partial charge >= 0.3 is 0 Å². The highest BCUT2D eigenvalue weighted by Crippen LogP contribution is 2.12. The quantitative estimate of drug-likeness (QED) is 0.598. The summed E-state index contributed by atoms with van der Waals surface area (Å²) in [6.45, 7) is 10.8. The van der Waals surface area contributed by atoms with Gasteiger partial charge in [0.15, 0.2) is 0 Å². The molecular formula is C19H32N2O2. The smallest absolute Gasteiger partial charge is 0.220 e. The van der Waals surface area contributed by atoms with Crippen LogP contribution in [0, 0.1) is 0 Å². The van der Waals surface area contributed by atoms with Gasteiger partial charge in [0, 0.05) is 19.5 Å². The van der Waals surface area contributed by atoms with E-state index in [0.29, 0.717) is 19.6 Å². The predicted molar refractivity (Wildman–Crippen MR) is 95.7 cm³/mol. The lowest BCUT2D eigenvalue weighted by molar-refractivity contribution is -0.121. The van der Waals surface area contributed by atoms with Crippen molar-refractivity contribution in [2.75, 3.05) is 26.2 Å². The molecule has 0 fully saturated rings. The third-order valence-electron chi connectivity index (χ3n) is 3.99. The fourth-order valence-corrected chi connectivity index (χ4v) is 2.36. The molecule has 0 radical (unpaired) electrons. The Bertz CT molecular complexity index is 428. The van der Waals surface area contributed by atoms with E-state index in [1.807, 2.05) is 24.3 Å². The van der Waals surface area contributed by atoms with Crippen LogP contribution in [0.2, 0.25) is 0 Å². The number of ether oxygens (including phenoxy) is 1. The van der Waals surface area contributed by atoms with Gasteiger partial charge in [-0.05, 0) is 37.2 Å². The zero-order valence-corrected chi connectivity index (χ0v) is 14.9. The van der Waals surface area contributed by atoms with Crippen molar-refractivity contribution in [1.29, 1.82) is 0 Å². The molecule has 1 N–H and O–H groups in total. The van der Waals surface area contributed by atoms with Crippen molar-refractivity contribution in [3.8, 4) is 5.75 Å². The standard InChI is InChI=1S/C19H32N2O2/c1-4-7-8-9-19(22)20-16-17-10-12-18(13-11-17)23-15-14-21(5-2)6-3/h10-13H,4-9,14-16H2,1-3H3,(H,20,22). The van der Waals surface area contributed by atoms with E-state index in [0.717, 1.165) is 50.2 Å². The van der Waals surface area contributed by atoms with Crippen LogP contribution < -0.4 is 10.1 Å². The first-order valence-corrected chi connectivity index (χ1v) is 8.90. The molecule has 4 heteroatoms. The van der Waals surface area contributed by atoms with Gasteiger partial charge in [-0.1, -0.05) is 45.7 Å². The molecule has 1 amide bonds. The Kier molecular flexibility index (Phi) is 10.1. The van der Waals surface area contributed by atoms with Gasteiger partial charge in [-0.15, -0.1) is 0 Å². The number of hydrogen-bond donors (Lipinski definition) is 1. The number of rotatable bonds is 12. The first-order chi connectivity index (χ1) is 11.2. The number of nitrogens with zero attached hydrogens (tertiary/aromatic N) is 1. The molecule has 0 aliphatic carbocycles. The van der Waals surface area contributed by atoms with Crippen LogP contribution in [0.1, 0.15) is 52.0 Å². The lowest BCUT2D eigenvalue weighted by atomic mass is 10.2. The number of unbranched alkanes of at least 4 members (excludes halogenated alkanes) is 2. The summed E-state index contributed by atoms with van der Waals surface area (Å²) in [5.41, 5.74) is 1.10. The van der Waals surface area contributed by atoms with E-state index in [-0.39, 0.29) is 5.91 Å². The van der Waals surface area contributed by atoms with Crippen molar-refractivity contribution >= 4 is 5.91 Å². The number of hydrogen-bond acceptors (Lipinski definition) is 3. The number of amides is 1. The molecular weight excluding hydrogens is 288 g/mol. The van der Waals surface area contributed by atoms with Crippen LogP contribution >= 0.6 is 0 Å². The van der Waals surface area contributed by atoms with Crippen molar-refractivity contribution in [2.24, 2.45) is 0 Å². The first-order valence-electron chi connectivity index (χ1n) is 8.90. The van der Waals surface area contributed by atoms with Gasteiger partial charge in [0.2, 0.25) is 5.91 Å². The number of carbonyl (C=O) groups excluding carboxylic acids is 1. The molecule has 4 nitrogen and oxygen atoms in total. The third kappa shape index (κ3) is 8.60. The fraction of sp³-hybridized carbons (Fsp3) is 0.632. The molecule has 0 saturated heterocycles. The maximum atomic E-state index is 11.7. The largest absolute Gasteiger partial charge is 0.492 e. The Hall–Kier alpha value is -1.55. The van der Waals surface area contributed by atoms with Gasteiger partial charge in [0.05, 0.1) is 0 Å². The second kappa shape index (κ2) is 11.9. The molecule has 1 aromatic carbocycles. The summed E-state index contributed by atoms with van der Waals surface area (Å²) < 4.78 is 5.76. The molecule has 0 aliphatic rings. The van der Waals surface area contributed by atoms with Crippen LogP contribution in [0.5, 0.6) is 5.75 Å². The molecule has 0 atom stereocenters. The minimum absolute atomic E-state index is 0.137. The Morgan fingerprint density at radius 1 is 1.09 bits per heavy atom. The molecule has 1 aromatic rings. The second-order valence-corrected chi connectivity index (χ2v) is 5.75. The zero-order valence-electron chi connectivity index (χ0n) is 14.9. The van der Waals surface area contributed by atoms with Gasteiger partial charge in [0.25, 0.3) is 0 Å². The normalized spacial score (nSPS) is 10.8. The fourth-order valence-electron chi connectivity index (χ4n) is 2.36. The zero-order chi connectivity index (χ0) is 16.9. The van der Waals surface area contributed by atoms with Crippen molar-refractivity contribution < 1.29 is 9.53 Å². The molecule has 0 aliphatic heterocycles. The van der Waals surface area contributed by atoms with Gasteiger partial charge in [0.1, 0.15) is 12.4 Å². The molecule has 0 heterocycles. The Morgan fingerprint density at radius 2 is 1.78 bits per heavy atom. The lowest BCUT2D eigenvalue weighted by Gasteiger charge is -2.18. The highest BCUT2D eigenvalue weighted by atomic mass is 16.5. The second-order valence-electron chi connectivity index (χ2n) is 5.75. The summed E-state index contributed by atoms with van der Waals surface area (Å²) in [6.07, 6.45) is 3.86. The van der Waals surface area contributed by atoms with Crippen molar-refractivity contribution in [2.45, 2.75) is 53.0 Å². The topological polar surface area (TPSA) is 41.6 Å². The highest BCUT2D eigenvalue weighted by Gasteiger charge is 2.02. The van der Waals surface area contributed by atoms with E-state index < -0.39 is 0 Å². The third-order valence-corrected chi connectivity index (χ3v) is 3.99. The van der Waals surface area contributed by atoms with Crippen molar-refractivity contribution in [3.05, 3.63) is 29.8 Å². The molecule has 23 heavy (non-hydrogen) atoms. The van der Waals surface area contributed by atoms with Crippen LogP contribution in [-0.2, 0) is 11.3 Å². The van der Waals surface area contributed by atoms with Gasteiger partial charge in [-0.3, -0.25) is 4.79 Å². The van der Waals surface area contributed by atoms with Crippen LogP contribution in [0.4, 0.5) is 0 Å². The average Bonchev–Trinajstić information content (AvgIpc) is 2.58. The molecule has 0 saturated carbocycles. The van der Waals surface area contributed by atoms with E-state index >= 15 is 0 Å². The molecule has 0 spiro atoms. The highest BCUT2D eigenvalue weighted by molar-refractivity contribution is 5.75. The van der Waals surface area contributed by atoms with Crippen LogP contribution in [0.25, 0.3) is 0 Å². The number of likely N-dealkylation sites (N-methyl/N-ethyl adjacent to an activating group) is 1. The van der Waals surface area contributed by atoms with E-state index in [2.05, 4.69) is 31.0 Å². The summed E-state index contributed by atoms with van der Waals surface area (Å²) in [4.78, 5) is 14.0. The van der Waals surface area contributed by atoms with Crippen molar-refractivity contribution in [3.63, 3.8) is 0 Å². The SMILES string of the molecule is CCCCCC(=O)NCc1ccc(OCCN(CC)CC)cc1. The number of benzene rings is 1. The van der Waals surface area contributed by atoms with E-state index in [1.165, 1.54) is 0 Å². The summed E-state index contributed by atoms with van der Waals surface area (Å²) in [5.74, 6) is 1.02. The average molecular weight is 320 g/mol. The van der Waals surface area contributed by atoms with E-state index in [9.17, 15) is 4.79 Å². The number of nitrogens with one attached hydrogen (secondary N) is 1. The van der Waals surface area contributed by atoms with Gasteiger partial charge in [-0.2, -0.15) is 0 Å². The Morgan fingerprint density at radius 3 is 2.39 bits per heavy atom. The Labute approximate surface area is 141 Å². The summed E-state index contributed by atoms with van der Waals surface area (Å²) in [6, 6.07) is 7.97. The maximum absolute atomic E-state index is 11.7. The van der Waals surface area contributed by atoms with Crippen LogP contribution in [0.15, 0.2) is 24.3 Å². The molecule has 0 aromatic heterocycles. The van der Waals surface area contributed by atoms with E-state index in [1.54, 1.807) is 0 Å². The molecule has 0 unspecified atom stereocenters. The van der Waals surface area contributed by atoms with E-state index in [4.69, 9.17) is 4.74 Å². The molecule has 0 bridgehead atoms. The van der Waals surface area contributed by atoms with Crippen LogP contribution in [-0.4, -0.2) is 37.0 Å². The summed E-state index contributed by atoms with van der Waals surface area (Å²) >= 11 is 0. The first kappa shape index (κ1) is 19.5. The minimum atomic E-state index is 0.137. The van der Waals surface area contributed by atoms with Crippen LogP contribution in [0.3, 0.4) is 0 Å². The lowest BCUT2D eigenvalue weighted by Crippen LogP contribution is -2.27. The monoisotopic (exact) mass is 320 g/mol. The molecule has 1 rings (SSSR count). The van der Waals surface area contributed by atoms with Gasteiger partial charge in [-0.25, -0.2) is 0 Å². The van der Waals surface area contributed by atoms with Gasteiger partial charge < -0.3 is 15.0 Å². The summed E-state index contributed by atoms with van der Waals surface area (Å²) in [5, 5.41) is 2.96. The predicted octanol–water partition coefficient (Wildman–Crippen LogP) is 3.60. The summed E-state index contributed by atoms with van der Waals surface area (Å²) in [7, 11) is 0. The number of carbonyl (C=O) groups is 1.